The number of rotatable bonds is 6. The molecule has 0 saturated carbocycles. The Morgan fingerprint density at radius 2 is 2.14 bits per heavy atom. The molecule has 2 heterocycles. The number of carbonyl (C=O) groups is 1. The zero-order chi connectivity index (χ0) is 16.1. The number of methoxy groups -OCH3 is 1. The summed E-state index contributed by atoms with van der Waals surface area (Å²) in [4.78, 5) is 15.9. The number of anilines is 3. The van der Waals surface area contributed by atoms with Gasteiger partial charge in [0.25, 0.3) is 5.91 Å². The number of aromatic nitrogens is 3. The van der Waals surface area contributed by atoms with Crippen LogP contribution in [0, 0.1) is 0 Å². The van der Waals surface area contributed by atoms with E-state index in [1.165, 1.54) is 6.07 Å². The van der Waals surface area contributed by atoms with Crippen molar-refractivity contribution >= 4 is 23.2 Å². The first-order valence-electron chi connectivity index (χ1n) is 6.79. The van der Waals surface area contributed by atoms with Gasteiger partial charge in [0.2, 0.25) is 0 Å². The Morgan fingerprint density at radius 3 is 2.77 bits per heavy atom. The second kappa shape index (κ2) is 6.70. The first-order chi connectivity index (χ1) is 10.5. The zero-order valence-corrected chi connectivity index (χ0v) is 12.5. The van der Waals surface area contributed by atoms with Crippen molar-refractivity contribution < 1.29 is 9.53 Å². The van der Waals surface area contributed by atoms with E-state index in [9.17, 15) is 4.79 Å². The second-order valence-corrected chi connectivity index (χ2v) is 4.62. The van der Waals surface area contributed by atoms with Gasteiger partial charge in [0.15, 0.2) is 5.69 Å². The number of nitrogen functional groups attached to an aromatic ring is 1. The molecule has 2 rings (SSSR count). The van der Waals surface area contributed by atoms with Crippen LogP contribution in [0.4, 0.5) is 17.3 Å². The van der Waals surface area contributed by atoms with E-state index in [0.717, 1.165) is 24.3 Å². The molecule has 0 fully saturated rings. The van der Waals surface area contributed by atoms with Gasteiger partial charge < -0.3 is 21.5 Å². The highest BCUT2D eigenvalue weighted by Gasteiger charge is 2.13. The number of carbonyl (C=O) groups excluding carboxylic acids is 1. The normalized spacial score (nSPS) is 10.3. The lowest BCUT2D eigenvalue weighted by molar-refractivity contribution is 0.0995. The van der Waals surface area contributed by atoms with Crippen LogP contribution in [-0.2, 0) is 6.42 Å². The van der Waals surface area contributed by atoms with Crippen LogP contribution in [0.1, 0.15) is 29.5 Å². The zero-order valence-electron chi connectivity index (χ0n) is 12.5. The van der Waals surface area contributed by atoms with E-state index >= 15 is 0 Å². The number of amides is 1. The maximum Gasteiger partial charge on any atom is 0.271 e. The molecule has 0 radical (unpaired) electrons. The summed E-state index contributed by atoms with van der Waals surface area (Å²) in [5.74, 6) is 0.737. The van der Waals surface area contributed by atoms with Crippen LogP contribution in [0.25, 0.3) is 0 Å². The van der Waals surface area contributed by atoms with Crippen LogP contribution in [0.3, 0.4) is 0 Å². The second-order valence-electron chi connectivity index (χ2n) is 4.62. The molecule has 116 valence electrons. The third-order valence-electron chi connectivity index (χ3n) is 2.95. The number of pyridine rings is 1. The lowest BCUT2D eigenvalue weighted by Gasteiger charge is -2.12. The van der Waals surface area contributed by atoms with E-state index in [1.807, 2.05) is 6.07 Å². The molecular weight excluding hydrogens is 284 g/mol. The Bertz CT molecular complexity index is 689. The molecule has 22 heavy (non-hydrogen) atoms. The fourth-order valence-electron chi connectivity index (χ4n) is 1.98. The highest BCUT2D eigenvalue weighted by Crippen LogP contribution is 2.24. The fourth-order valence-corrected chi connectivity index (χ4v) is 1.98. The molecule has 0 aliphatic carbocycles. The van der Waals surface area contributed by atoms with Crippen molar-refractivity contribution in [3.63, 3.8) is 0 Å². The summed E-state index contributed by atoms with van der Waals surface area (Å²) in [5, 5.41) is 10.3. The van der Waals surface area contributed by atoms with Crippen LogP contribution < -0.4 is 21.5 Å². The van der Waals surface area contributed by atoms with E-state index in [0.29, 0.717) is 11.5 Å². The van der Waals surface area contributed by atoms with Gasteiger partial charge in [0, 0.05) is 6.07 Å². The molecule has 0 aliphatic rings. The molecule has 0 saturated heterocycles. The van der Waals surface area contributed by atoms with Gasteiger partial charge in [0.05, 0.1) is 18.5 Å². The van der Waals surface area contributed by atoms with Crippen molar-refractivity contribution in [3.05, 3.63) is 29.6 Å². The number of nitrogens with zero attached hydrogens (tertiary/aromatic N) is 3. The van der Waals surface area contributed by atoms with Crippen LogP contribution in [0.5, 0.6) is 5.75 Å². The predicted octanol–water partition coefficient (Wildman–Crippen LogP) is 1.26. The Hall–Kier alpha value is -2.90. The van der Waals surface area contributed by atoms with Crippen LogP contribution in [0.2, 0.25) is 0 Å². The number of aryl methyl sites for hydroxylation is 1. The van der Waals surface area contributed by atoms with Crippen LogP contribution in [0.15, 0.2) is 18.2 Å². The summed E-state index contributed by atoms with van der Waals surface area (Å²) in [5.41, 5.74) is 12.1. The Balaban J connectivity index is 2.36. The standard InChI is InChI=1S/C14H18N6O2/c1-3-4-8-10(22-2)5-6-12(17-8)18-9-7-11(15)19-20-13(9)14(16)21/h5-7H,3-4H2,1-2H3,(H2,16,21)(H3,15,17,18,19). The minimum absolute atomic E-state index is 0.00357. The third kappa shape index (κ3) is 3.40. The lowest BCUT2D eigenvalue weighted by Crippen LogP contribution is -2.17. The summed E-state index contributed by atoms with van der Waals surface area (Å²) >= 11 is 0. The first kappa shape index (κ1) is 15.5. The number of ether oxygens (including phenoxy) is 1. The number of nitrogens with two attached hydrogens (primary N) is 2. The summed E-state index contributed by atoms with van der Waals surface area (Å²) in [7, 11) is 1.60. The number of nitrogens with one attached hydrogen (secondary N) is 1. The van der Waals surface area contributed by atoms with Gasteiger partial charge in [-0.2, -0.15) is 0 Å². The molecule has 0 unspecified atom stereocenters. The number of hydrogen-bond acceptors (Lipinski definition) is 7. The molecule has 5 N–H and O–H groups in total. The Morgan fingerprint density at radius 1 is 1.36 bits per heavy atom. The third-order valence-corrected chi connectivity index (χ3v) is 2.95. The van der Waals surface area contributed by atoms with E-state index in [-0.39, 0.29) is 11.5 Å². The van der Waals surface area contributed by atoms with Crippen molar-refractivity contribution in [3.8, 4) is 5.75 Å². The fraction of sp³-hybridized carbons (Fsp3) is 0.286. The van der Waals surface area contributed by atoms with E-state index < -0.39 is 5.91 Å². The van der Waals surface area contributed by atoms with Crippen molar-refractivity contribution in [1.82, 2.24) is 15.2 Å². The lowest BCUT2D eigenvalue weighted by atomic mass is 10.2. The molecule has 2 aromatic rings. The van der Waals surface area contributed by atoms with Crippen molar-refractivity contribution in [2.45, 2.75) is 19.8 Å². The van der Waals surface area contributed by atoms with Gasteiger partial charge in [-0.05, 0) is 18.6 Å². The van der Waals surface area contributed by atoms with Gasteiger partial charge in [0.1, 0.15) is 17.4 Å². The van der Waals surface area contributed by atoms with Gasteiger partial charge >= 0.3 is 0 Å². The molecular formula is C14H18N6O2. The maximum absolute atomic E-state index is 11.4. The summed E-state index contributed by atoms with van der Waals surface area (Å²) in [6, 6.07) is 5.03. The summed E-state index contributed by atoms with van der Waals surface area (Å²) in [6.07, 6.45) is 1.71. The highest BCUT2D eigenvalue weighted by molar-refractivity contribution is 5.97. The number of hydrogen-bond donors (Lipinski definition) is 3. The maximum atomic E-state index is 11.4. The monoisotopic (exact) mass is 302 g/mol. The van der Waals surface area contributed by atoms with Crippen molar-refractivity contribution in [1.29, 1.82) is 0 Å². The van der Waals surface area contributed by atoms with Crippen LogP contribution >= 0.6 is 0 Å². The molecule has 8 heteroatoms. The van der Waals surface area contributed by atoms with E-state index in [4.69, 9.17) is 16.2 Å². The summed E-state index contributed by atoms with van der Waals surface area (Å²) < 4.78 is 5.28. The number of primary amides is 1. The van der Waals surface area contributed by atoms with Crippen LogP contribution in [-0.4, -0.2) is 28.2 Å². The topological polar surface area (TPSA) is 129 Å². The molecule has 0 aliphatic heterocycles. The van der Waals surface area contributed by atoms with E-state index in [1.54, 1.807) is 13.2 Å². The smallest absolute Gasteiger partial charge is 0.271 e. The van der Waals surface area contributed by atoms with Crippen molar-refractivity contribution in [2.24, 2.45) is 5.73 Å². The molecule has 2 aromatic heterocycles. The average Bonchev–Trinajstić information content (AvgIpc) is 2.47. The predicted molar refractivity (Wildman–Crippen MR) is 83.0 cm³/mol. The average molecular weight is 302 g/mol. The molecule has 0 aromatic carbocycles. The molecule has 1 amide bonds. The van der Waals surface area contributed by atoms with E-state index in [2.05, 4.69) is 27.4 Å². The molecule has 0 spiro atoms. The minimum Gasteiger partial charge on any atom is -0.495 e. The van der Waals surface area contributed by atoms with Gasteiger partial charge in [-0.3, -0.25) is 4.79 Å². The summed E-state index contributed by atoms with van der Waals surface area (Å²) in [6.45, 7) is 2.06. The van der Waals surface area contributed by atoms with Gasteiger partial charge in [-0.15, -0.1) is 10.2 Å². The van der Waals surface area contributed by atoms with Crippen molar-refractivity contribution in [2.75, 3.05) is 18.2 Å². The van der Waals surface area contributed by atoms with Gasteiger partial charge in [-0.25, -0.2) is 4.98 Å². The highest BCUT2D eigenvalue weighted by atomic mass is 16.5. The minimum atomic E-state index is -0.697. The van der Waals surface area contributed by atoms with Gasteiger partial charge in [-0.1, -0.05) is 13.3 Å². The quantitative estimate of drug-likeness (QED) is 0.732. The molecule has 0 atom stereocenters. The Labute approximate surface area is 127 Å². The Kier molecular flexibility index (Phi) is 4.72. The first-order valence-corrected chi connectivity index (χ1v) is 6.79. The molecule has 8 nitrogen and oxygen atoms in total. The molecule has 0 bridgehead atoms. The largest absolute Gasteiger partial charge is 0.495 e. The SMILES string of the molecule is CCCc1nc(Nc2cc(N)nnc2C(N)=O)ccc1OC.